The number of nitrogens with zero attached hydrogens (tertiary/aromatic N) is 2. The summed E-state index contributed by atoms with van der Waals surface area (Å²) in [5.74, 6) is 0.551. The number of carbonyl (C=O) groups excluding carboxylic acids is 2. The minimum Gasteiger partial charge on any atom is -0.329 e. The number of benzene rings is 1. The highest BCUT2D eigenvalue weighted by Gasteiger charge is 2.51. The largest absolute Gasteiger partial charge is 0.329 e. The molecular weight excluding hydrogens is 302 g/mol. The molecule has 1 unspecified atom stereocenters. The van der Waals surface area contributed by atoms with E-state index in [0.717, 1.165) is 18.7 Å². The van der Waals surface area contributed by atoms with Gasteiger partial charge in [-0.1, -0.05) is 24.3 Å². The average molecular weight is 323 g/mol. The van der Waals surface area contributed by atoms with Crippen LogP contribution in [-0.2, 0) is 4.79 Å². The summed E-state index contributed by atoms with van der Waals surface area (Å²) in [5, 5.41) is 2.60. The van der Waals surface area contributed by atoms with E-state index in [-0.39, 0.29) is 24.5 Å². The van der Waals surface area contributed by atoms with Gasteiger partial charge in [-0.15, -0.1) is 0 Å². The van der Waals surface area contributed by atoms with Gasteiger partial charge in [-0.25, -0.2) is 4.79 Å². The van der Waals surface area contributed by atoms with Crippen LogP contribution in [0.5, 0.6) is 0 Å². The number of urea groups is 1. The van der Waals surface area contributed by atoms with E-state index in [0.29, 0.717) is 11.8 Å². The fraction of sp³-hybridized carbons (Fsp3) is 0.421. The van der Waals surface area contributed by atoms with Gasteiger partial charge in [-0.3, -0.25) is 14.7 Å². The molecule has 3 atom stereocenters. The molecule has 2 heterocycles. The van der Waals surface area contributed by atoms with Crippen molar-refractivity contribution in [3.05, 3.63) is 47.0 Å². The maximum Gasteiger partial charge on any atom is 0.324 e. The van der Waals surface area contributed by atoms with E-state index < -0.39 is 0 Å². The molecule has 3 amide bonds. The Morgan fingerprint density at radius 3 is 2.75 bits per heavy atom. The Morgan fingerprint density at radius 1 is 1.25 bits per heavy atom. The van der Waals surface area contributed by atoms with Crippen molar-refractivity contribution in [1.29, 1.82) is 0 Å². The van der Waals surface area contributed by atoms with Crippen LogP contribution < -0.4 is 5.32 Å². The third-order valence-electron chi connectivity index (χ3n) is 5.42. The number of rotatable bonds is 3. The second-order valence-corrected chi connectivity index (χ2v) is 6.89. The number of aliphatic imine (C=N–C) groups is 1. The lowest BCUT2D eigenvalue weighted by molar-refractivity contribution is -0.125. The van der Waals surface area contributed by atoms with Gasteiger partial charge in [0, 0.05) is 24.1 Å². The number of hydrogen-bond acceptors (Lipinski definition) is 3. The summed E-state index contributed by atoms with van der Waals surface area (Å²) in [6.07, 6.45) is 5.19. The Kier molecular flexibility index (Phi) is 3.52. The van der Waals surface area contributed by atoms with E-state index in [2.05, 4.69) is 49.5 Å². The van der Waals surface area contributed by atoms with Crippen molar-refractivity contribution < 1.29 is 9.59 Å². The Balaban J connectivity index is 1.45. The highest BCUT2D eigenvalue weighted by Crippen LogP contribution is 2.44. The Hall–Kier alpha value is -2.43. The lowest BCUT2D eigenvalue weighted by Crippen LogP contribution is -2.35. The van der Waals surface area contributed by atoms with E-state index >= 15 is 0 Å². The van der Waals surface area contributed by atoms with Gasteiger partial charge in [0.1, 0.15) is 0 Å². The molecule has 0 bridgehead atoms. The zero-order valence-electron chi connectivity index (χ0n) is 14.0. The number of carbonyl (C=O) groups is 2. The van der Waals surface area contributed by atoms with Crippen molar-refractivity contribution in [2.45, 2.75) is 26.3 Å². The van der Waals surface area contributed by atoms with E-state index in [4.69, 9.17) is 4.99 Å². The molecule has 124 valence electrons. The van der Waals surface area contributed by atoms with Gasteiger partial charge >= 0.3 is 6.03 Å². The summed E-state index contributed by atoms with van der Waals surface area (Å²) in [5.41, 5.74) is 4.75. The monoisotopic (exact) mass is 323 g/mol. The second-order valence-electron chi connectivity index (χ2n) is 6.89. The molecule has 3 aliphatic rings. The normalized spacial score (nSPS) is 28.8. The van der Waals surface area contributed by atoms with Crippen molar-refractivity contribution in [3.8, 4) is 0 Å². The molecule has 1 saturated heterocycles. The summed E-state index contributed by atoms with van der Waals surface area (Å²) >= 11 is 0. The maximum absolute atomic E-state index is 11.8. The predicted molar refractivity (Wildman–Crippen MR) is 92.1 cm³/mol. The molecule has 24 heavy (non-hydrogen) atoms. The second kappa shape index (κ2) is 5.58. The van der Waals surface area contributed by atoms with E-state index in [1.807, 2.05) is 0 Å². The van der Waals surface area contributed by atoms with Crippen LogP contribution in [0.4, 0.5) is 4.79 Å². The van der Waals surface area contributed by atoms with Gasteiger partial charge in [-0.2, -0.15) is 0 Å². The zero-order valence-corrected chi connectivity index (χ0v) is 14.0. The number of nitrogens with one attached hydrogen (secondary N) is 1. The first-order chi connectivity index (χ1) is 11.6. The van der Waals surface area contributed by atoms with Crippen LogP contribution in [0.15, 0.2) is 35.3 Å². The van der Waals surface area contributed by atoms with Crippen LogP contribution in [0.3, 0.4) is 0 Å². The van der Waals surface area contributed by atoms with Crippen molar-refractivity contribution in [2.24, 2.45) is 16.8 Å². The van der Waals surface area contributed by atoms with Crippen molar-refractivity contribution >= 4 is 17.6 Å². The number of dihydropyridines is 1. The standard InChI is InChI=1S/C19H21N3O2/c1-11-4-3-5-14(12(11)2)16-7-6-13(9-20-16)15-8-17(15)22-18(23)10-21-19(22)24/h3-7,13,15,17H,8-10H2,1-2H3,(H,21,24)/t13?,15-,17+/m0/s1. The van der Waals surface area contributed by atoms with Crippen LogP contribution in [0, 0.1) is 25.7 Å². The highest BCUT2D eigenvalue weighted by atomic mass is 16.2. The van der Waals surface area contributed by atoms with Crippen LogP contribution in [0.25, 0.3) is 0 Å². The minimum atomic E-state index is -0.244. The molecule has 2 fully saturated rings. The summed E-state index contributed by atoms with van der Waals surface area (Å²) in [6.45, 7) is 5.10. The lowest BCUT2D eigenvalue weighted by Gasteiger charge is -2.19. The van der Waals surface area contributed by atoms with Gasteiger partial charge in [0.2, 0.25) is 5.91 Å². The summed E-state index contributed by atoms with van der Waals surface area (Å²) in [4.78, 5) is 29.7. The summed E-state index contributed by atoms with van der Waals surface area (Å²) < 4.78 is 0. The summed E-state index contributed by atoms with van der Waals surface area (Å²) in [7, 11) is 0. The fourth-order valence-corrected chi connectivity index (χ4v) is 3.74. The van der Waals surface area contributed by atoms with Gasteiger partial charge in [0.15, 0.2) is 0 Å². The van der Waals surface area contributed by atoms with Crippen LogP contribution in [0.2, 0.25) is 0 Å². The predicted octanol–water partition coefficient (Wildman–Crippen LogP) is 2.22. The van der Waals surface area contributed by atoms with Gasteiger partial charge < -0.3 is 5.32 Å². The smallest absolute Gasteiger partial charge is 0.324 e. The first-order valence-corrected chi connectivity index (χ1v) is 8.45. The minimum absolute atomic E-state index is 0.0482. The Bertz CT molecular complexity index is 765. The van der Waals surface area contributed by atoms with Crippen LogP contribution in [0.1, 0.15) is 23.1 Å². The molecule has 0 spiro atoms. The molecule has 1 aromatic rings. The molecule has 4 rings (SSSR count). The molecule has 1 saturated carbocycles. The van der Waals surface area contributed by atoms with E-state index in [9.17, 15) is 9.59 Å². The fourth-order valence-electron chi connectivity index (χ4n) is 3.74. The number of aryl methyl sites for hydroxylation is 1. The quantitative estimate of drug-likeness (QED) is 0.867. The van der Waals surface area contributed by atoms with E-state index in [1.165, 1.54) is 21.6 Å². The molecule has 0 aromatic heterocycles. The number of amides is 3. The SMILES string of the molecule is Cc1cccc(C2=NCC([C@@H]3C[C@H]3N3C(=O)CNC3=O)C=C2)c1C. The average Bonchev–Trinajstić information content (AvgIpc) is 3.29. The summed E-state index contributed by atoms with van der Waals surface area (Å²) in [6, 6.07) is 6.09. The van der Waals surface area contributed by atoms with Gasteiger partial charge in [0.25, 0.3) is 0 Å². The number of imide groups is 1. The molecular formula is C19H21N3O2. The molecule has 1 aliphatic carbocycles. The van der Waals surface area contributed by atoms with Crippen molar-refractivity contribution in [1.82, 2.24) is 10.2 Å². The van der Waals surface area contributed by atoms with Gasteiger partial charge in [-0.05, 0) is 43.4 Å². The molecule has 1 aromatic carbocycles. The van der Waals surface area contributed by atoms with Crippen molar-refractivity contribution in [3.63, 3.8) is 0 Å². The Labute approximate surface area is 141 Å². The Morgan fingerprint density at radius 2 is 2.08 bits per heavy atom. The zero-order chi connectivity index (χ0) is 16.8. The third kappa shape index (κ3) is 2.44. The lowest BCUT2D eigenvalue weighted by atomic mass is 9.94. The van der Waals surface area contributed by atoms with Crippen LogP contribution in [-0.4, -0.2) is 41.7 Å². The molecule has 1 N–H and O–H groups in total. The molecule has 5 heteroatoms. The molecule has 0 radical (unpaired) electrons. The first-order valence-electron chi connectivity index (χ1n) is 8.45. The highest BCUT2D eigenvalue weighted by molar-refractivity contribution is 6.10. The maximum atomic E-state index is 11.8. The third-order valence-corrected chi connectivity index (χ3v) is 5.42. The van der Waals surface area contributed by atoms with E-state index in [1.54, 1.807) is 0 Å². The number of allylic oxidation sites excluding steroid dienone is 1. The van der Waals surface area contributed by atoms with Crippen LogP contribution >= 0.6 is 0 Å². The first kappa shape index (κ1) is 15.1. The van der Waals surface area contributed by atoms with Gasteiger partial charge in [0.05, 0.1) is 12.3 Å². The molecule has 2 aliphatic heterocycles. The number of hydrogen-bond donors (Lipinski definition) is 1. The molecule has 5 nitrogen and oxygen atoms in total. The topological polar surface area (TPSA) is 61.8 Å². The van der Waals surface area contributed by atoms with Crippen molar-refractivity contribution in [2.75, 3.05) is 13.1 Å².